The van der Waals surface area contributed by atoms with Gasteiger partial charge in [-0.1, -0.05) is 90.0 Å². The van der Waals surface area contributed by atoms with Gasteiger partial charge >= 0.3 is 0 Å². The topological polar surface area (TPSA) is 43.1 Å². The molecule has 0 aliphatic heterocycles. The van der Waals surface area contributed by atoms with Crippen LogP contribution in [-0.2, 0) is 4.79 Å². The number of rotatable bonds is 16. The first-order valence-electron chi connectivity index (χ1n) is 9.20. The van der Waals surface area contributed by atoms with Crippen molar-refractivity contribution in [3.63, 3.8) is 0 Å². The Balaban J connectivity index is 3.09. The summed E-state index contributed by atoms with van der Waals surface area (Å²) >= 11 is 0. The Morgan fingerprint density at radius 2 is 1.19 bits per heavy atom. The van der Waals surface area contributed by atoms with Crippen LogP contribution in [0.25, 0.3) is 0 Å². The van der Waals surface area contributed by atoms with Crippen molar-refractivity contribution in [2.75, 3.05) is 6.54 Å². The van der Waals surface area contributed by atoms with Gasteiger partial charge < -0.3 is 5.73 Å². The first kappa shape index (κ1) is 20.4. The standard InChI is InChI=1S/C19H37NO/c1-2-3-4-5-6-7-8-9-10-11-12-13-14-16-19(21)17-15-18-20/h15,17H,2-14,16,18,20H2,1H3. The Morgan fingerprint density at radius 1 is 0.762 bits per heavy atom. The lowest BCUT2D eigenvalue weighted by molar-refractivity contribution is -0.114. The summed E-state index contributed by atoms with van der Waals surface area (Å²) in [6.07, 6.45) is 21.5. The number of unbranched alkanes of at least 4 members (excludes halogenated alkanes) is 12. The molecular weight excluding hydrogens is 258 g/mol. The number of hydrogen-bond acceptors (Lipinski definition) is 2. The number of hydrogen-bond donors (Lipinski definition) is 1. The fraction of sp³-hybridized carbons (Fsp3) is 0.842. The van der Waals surface area contributed by atoms with E-state index in [1.54, 1.807) is 12.2 Å². The maximum absolute atomic E-state index is 11.4. The quantitative estimate of drug-likeness (QED) is 0.299. The number of nitrogens with two attached hydrogens (primary N) is 1. The summed E-state index contributed by atoms with van der Waals surface area (Å²) in [6.45, 7) is 2.73. The molecule has 0 unspecified atom stereocenters. The first-order chi connectivity index (χ1) is 10.3. The van der Waals surface area contributed by atoms with Gasteiger partial charge in [0.15, 0.2) is 5.78 Å². The highest BCUT2D eigenvalue weighted by Crippen LogP contribution is 2.12. The van der Waals surface area contributed by atoms with Crippen molar-refractivity contribution >= 4 is 5.78 Å². The van der Waals surface area contributed by atoms with Gasteiger partial charge in [-0.3, -0.25) is 4.79 Å². The van der Waals surface area contributed by atoms with E-state index in [0.29, 0.717) is 13.0 Å². The van der Waals surface area contributed by atoms with Crippen molar-refractivity contribution < 1.29 is 4.79 Å². The van der Waals surface area contributed by atoms with Gasteiger partial charge in [-0.05, 0) is 12.5 Å². The van der Waals surface area contributed by atoms with Crippen molar-refractivity contribution in [3.8, 4) is 0 Å². The second-order valence-electron chi connectivity index (χ2n) is 6.10. The third-order valence-corrected chi connectivity index (χ3v) is 3.97. The largest absolute Gasteiger partial charge is 0.327 e. The van der Waals surface area contributed by atoms with Crippen LogP contribution in [0.1, 0.15) is 96.8 Å². The molecule has 124 valence electrons. The molecule has 0 aromatic carbocycles. The zero-order valence-corrected chi connectivity index (χ0v) is 14.2. The van der Waals surface area contributed by atoms with E-state index in [-0.39, 0.29) is 5.78 Å². The first-order valence-corrected chi connectivity index (χ1v) is 9.20. The van der Waals surface area contributed by atoms with Crippen molar-refractivity contribution in [3.05, 3.63) is 12.2 Å². The van der Waals surface area contributed by atoms with Crippen molar-refractivity contribution in [1.82, 2.24) is 0 Å². The molecule has 0 aromatic rings. The highest BCUT2D eigenvalue weighted by Gasteiger charge is 1.97. The molecule has 2 nitrogen and oxygen atoms in total. The molecule has 0 aromatic heterocycles. The van der Waals surface area contributed by atoms with Crippen LogP contribution in [0.3, 0.4) is 0 Å². The molecule has 0 amide bonds. The fourth-order valence-corrected chi connectivity index (χ4v) is 2.60. The van der Waals surface area contributed by atoms with Gasteiger partial charge in [-0.15, -0.1) is 0 Å². The Hall–Kier alpha value is -0.630. The van der Waals surface area contributed by atoms with Crippen LogP contribution in [0.4, 0.5) is 0 Å². The average molecular weight is 296 g/mol. The normalized spacial score (nSPS) is 11.3. The lowest BCUT2D eigenvalue weighted by atomic mass is 10.0. The van der Waals surface area contributed by atoms with Gasteiger partial charge in [0.05, 0.1) is 0 Å². The van der Waals surface area contributed by atoms with Crippen LogP contribution in [-0.4, -0.2) is 12.3 Å². The van der Waals surface area contributed by atoms with Crippen LogP contribution in [0, 0.1) is 0 Å². The van der Waals surface area contributed by atoms with E-state index in [1.165, 1.54) is 77.0 Å². The lowest BCUT2D eigenvalue weighted by Gasteiger charge is -2.02. The molecule has 0 heterocycles. The van der Waals surface area contributed by atoms with Gasteiger partial charge in [-0.2, -0.15) is 0 Å². The molecule has 21 heavy (non-hydrogen) atoms. The number of carbonyl (C=O) groups is 1. The zero-order chi connectivity index (χ0) is 15.6. The van der Waals surface area contributed by atoms with Crippen molar-refractivity contribution in [2.45, 2.75) is 96.8 Å². The molecule has 0 aliphatic rings. The minimum atomic E-state index is 0.225. The monoisotopic (exact) mass is 295 g/mol. The summed E-state index contributed by atoms with van der Waals surface area (Å²) in [5, 5.41) is 0. The van der Waals surface area contributed by atoms with Crippen LogP contribution in [0.5, 0.6) is 0 Å². The van der Waals surface area contributed by atoms with Crippen LogP contribution in [0.15, 0.2) is 12.2 Å². The number of carbonyl (C=O) groups excluding carboxylic acids is 1. The molecular formula is C19H37NO. The molecule has 0 radical (unpaired) electrons. The average Bonchev–Trinajstić information content (AvgIpc) is 2.49. The molecule has 0 saturated carbocycles. The number of allylic oxidation sites excluding steroid dienone is 1. The van der Waals surface area contributed by atoms with E-state index in [0.717, 1.165) is 6.42 Å². The predicted octanol–water partition coefficient (Wildman–Crippen LogP) is 5.55. The summed E-state index contributed by atoms with van der Waals surface area (Å²) in [6, 6.07) is 0. The van der Waals surface area contributed by atoms with Crippen LogP contribution in [0.2, 0.25) is 0 Å². The van der Waals surface area contributed by atoms with Gasteiger partial charge in [0.1, 0.15) is 0 Å². The minimum Gasteiger partial charge on any atom is -0.327 e. The minimum absolute atomic E-state index is 0.225. The van der Waals surface area contributed by atoms with Crippen LogP contribution < -0.4 is 5.73 Å². The third kappa shape index (κ3) is 17.3. The molecule has 0 aliphatic carbocycles. The lowest BCUT2D eigenvalue weighted by Crippen LogP contribution is -1.97. The summed E-state index contributed by atoms with van der Waals surface area (Å²) < 4.78 is 0. The summed E-state index contributed by atoms with van der Waals surface area (Å²) in [5.41, 5.74) is 5.31. The van der Waals surface area contributed by atoms with Crippen LogP contribution >= 0.6 is 0 Å². The van der Waals surface area contributed by atoms with Gasteiger partial charge in [0.2, 0.25) is 0 Å². The van der Waals surface area contributed by atoms with E-state index in [4.69, 9.17) is 5.73 Å². The van der Waals surface area contributed by atoms with E-state index < -0.39 is 0 Å². The molecule has 0 bridgehead atoms. The van der Waals surface area contributed by atoms with E-state index in [1.807, 2.05) is 0 Å². The molecule has 0 spiro atoms. The maximum atomic E-state index is 11.4. The summed E-state index contributed by atoms with van der Waals surface area (Å²) in [4.78, 5) is 11.4. The Bertz CT molecular complexity index is 248. The van der Waals surface area contributed by atoms with Gasteiger partial charge in [-0.25, -0.2) is 0 Å². The fourth-order valence-electron chi connectivity index (χ4n) is 2.60. The summed E-state index contributed by atoms with van der Waals surface area (Å²) in [5.74, 6) is 0.225. The predicted molar refractivity (Wildman–Crippen MR) is 93.5 cm³/mol. The van der Waals surface area contributed by atoms with Gasteiger partial charge in [0, 0.05) is 13.0 Å². The smallest absolute Gasteiger partial charge is 0.155 e. The summed E-state index contributed by atoms with van der Waals surface area (Å²) in [7, 11) is 0. The van der Waals surface area contributed by atoms with E-state index in [9.17, 15) is 4.79 Å². The maximum Gasteiger partial charge on any atom is 0.155 e. The van der Waals surface area contributed by atoms with Crippen molar-refractivity contribution in [1.29, 1.82) is 0 Å². The highest BCUT2D eigenvalue weighted by molar-refractivity contribution is 5.89. The van der Waals surface area contributed by atoms with E-state index in [2.05, 4.69) is 6.92 Å². The number of ketones is 1. The molecule has 2 N–H and O–H groups in total. The molecule has 0 fully saturated rings. The second-order valence-corrected chi connectivity index (χ2v) is 6.10. The second kappa shape index (κ2) is 17.4. The highest BCUT2D eigenvalue weighted by atomic mass is 16.1. The molecule has 0 saturated heterocycles. The van der Waals surface area contributed by atoms with Crippen molar-refractivity contribution in [2.24, 2.45) is 5.73 Å². The Labute approximate surface area is 132 Å². The van der Waals surface area contributed by atoms with E-state index >= 15 is 0 Å². The molecule has 0 atom stereocenters. The third-order valence-electron chi connectivity index (χ3n) is 3.97. The van der Waals surface area contributed by atoms with Gasteiger partial charge in [0.25, 0.3) is 0 Å². The zero-order valence-electron chi connectivity index (χ0n) is 14.2. The molecule has 2 heteroatoms. The Kier molecular flexibility index (Phi) is 16.9. The molecule has 0 rings (SSSR count). The Morgan fingerprint density at radius 3 is 1.62 bits per heavy atom. The SMILES string of the molecule is CCCCCCCCCCCCCCCC(=O)C=CCN.